The summed E-state index contributed by atoms with van der Waals surface area (Å²) < 4.78 is 0. The lowest BCUT2D eigenvalue weighted by atomic mass is 9.97. The van der Waals surface area contributed by atoms with E-state index in [1.807, 2.05) is 0 Å². The third kappa shape index (κ3) is 4.99. The lowest BCUT2D eigenvalue weighted by Gasteiger charge is -2.09. The summed E-state index contributed by atoms with van der Waals surface area (Å²) in [6, 6.07) is 51.2. The number of hydrogen-bond acceptors (Lipinski definition) is 2. The van der Waals surface area contributed by atoms with Gasteiger partial charge >= 0.3 is 0 Å². The topological polar surface area (TPSA) is 57.4 Å². The molecule has 3 aromatic heterocycles. The quantitative estimate of drug-likeness (QED) is 0.184. The highest BCUT2D eigenvalue weighted by Crippen LogP contribution is 2.50. The maximum Gasteiger partial charge on any atom is 0.0775 e. The van der Waals surface area contributed by atoms with Crippen LogP contribution in [0.15, 0.2) is 158 Å². The van der Waals surface area contributed by atoms with Crippen LogP contribution in [-0.4, -0.2) is 19.9 Å². The number of allylic oxidation sites excluding steroid dienone is 3. The average molecular weight is 667 g/mol. The van der Waals surface area contributed by atoms with E-state index in [0.29, 0.717) is 0 Å². The first kappa shape index (κ1) is 30.1. The van der Waals surface area contributed by atoms with Gasteiger partial charge in [-0.15, -0.1) is 0 Å². The number of hydrogen-bond donors (Lipinski definition) is 2. The third-order valence-corrected chi connectivity index (χ3v) is 10.3. The molecule has 0 fully saturated rings. The van der Waals surface area contributed by atoms with Crippen molar-refractivity contribution in [1.82, 2.24) is 19.9 Å². The normalized spacial score (nSPS) is 13.5. The fraction of sp³-hybridized carbons (Fsp3) is 0.0417. The first-order valence-electron chi connectivity index (χ1n) is 17.8. The highest BCUT2D eigenvalue weighted by molar-refractivity contribution is 6.07. The maximum absolute atomic E-state index is 5.66. The molecular weight excluding hydrogens is 633 g/mol. The second-order valence-corrected chi connectivity index (χ2v) is 13.6. The monoisotopic (exact) mass is 666 g/mol. The molecule has 0 atom stereocenters. The van der Waals surface area contributed by atoms with E-state index in [9.17, 15) is 0 Å². The minimum Gasteiger partial charge on any atom is -0.354 e. The zero-order chi connectivity index (χ0) is 34.6. The number of nitrogens with zero attached hydrogens (tertiary/aromatic N) is 2. The van der Waals surface area contributed by atoms with Crippen LogP contribution in [0.25, 0.3) is 89.9 Å². The van der Waals surface area contributed by atoms with Gasteiger partial charge in [-0.3, -0.25) is 0 Å². The van der Waals surface area contributed by atoms with Crippen molar-refractivity contribution in [2.45, 2.75) is 12.8 Å². The van der Waals surface area contributed by atoms with Crippen molar-refractivity contribution >= 4 is 45.4 Å². The van der Waals surface area contributed by atoms with Crippen LogP contribution < -0.4 is 0 Å². The van der Waals surface area contributed by atoms with Gasteiger partial charge < -0.3 is 9.97 Å². The van der Waals surface area contributed by atoms with Gasteiger partial charge in [0, 0.05) is 44.3 Å². The van der Waals surface area contributed by atoms with E-state index in [2.05, 4.69) is 174 Å². The molecule has 4 nitrogen and oxygen atoms in total. The Balaban J connectivity index is 1.44. The van der Waals surface area contributed by atoms with Crippen molar-refractivity contribution in [1.29, 1.82) is 0 Å². The van der Waals surface area contributed by atoms with Gasteiger partial charge in [0.1, 0.15) is 0 Å². The van der Waals surface area contributed by atoms with Crippen molar-refractivity contribution < 1.29 is 0 Å². The zero-order valence-corrected chi connectivity index (χ0v) is 28.5. The minimum absolute atomic E-state index is 0.798. The fourth-order valence-corrected chi connectivity index (χ4v) is 8.05. The van der Waals surface area contributed by atoms with Crippen LogP contribution in [0.2, 0.25) is 0 Å². The van der Waals surface area contributed by atoms with Gasteiger partial charge in [0.2, 0.25) is 0 Å². The first-order valence-corrected chi connectivity index (χ1v) is 17.8. The van der Waals surface area contributed by atoms with Crippen molar-refractivity contribution in [3.63, 3.8) is 0 Å². The first-order chi connectivity index (χ1) is 25.7. The summed E-state index contributed by atoms with van der Waals surface area (Å²) >= 11 is 0. The lowest BCUT2D eigenvalue weighted by molar-refractivity contribution is 1.16. The number of benzene rings is 4. The number of H-pyrrole nitrogens is 2. The predicted octanol–water partition coefficient (Wildman–Crippen LogP) is 12.4. The summed E-state index contributed by atoms with van der Waals surface area (Å²) in [6.07, 6.45) is 5.89. The Morgan fingerprint density at radius 1 is 0.385 bits per heavy atom. The SMILES string of the molecule is C=C1CC2=C(C1)c1nc2c(-c2ccccc2)c2ccc([nH]2)c(-c2ccccc2)c2nc(c(-c3ccccc3)c3ccc([nH]3)c1-c1ccccc1)C=C2. The Morgan fingerprint density at radius 2 is 0.712 bits per heavy atom. The van der Waals surface area contributed by atoms with Gasteiger partial charge in [0.25, 0.3) is 0 Å². The highest BCUT2D eigenvalue weighted by atomic mass is 14.8. The molecule has 3 aliphatic rings. The molecule has 0 saturated carbocycles. The molecule has 0 spiro atoms. The van der Waals surface area contributed by atoms with E-state index in [-0.39, 0.29) is 0 Å². The van der Waals surface area contributed by atoms with Crippen molar-refractivity contribution in [2.24, 2.45) is 0 Å². The highest BCUT2D eigenvalue weighted by Gasteiger charge is 2.31. The second kappa shape index (κ2) is 12.2. The molecule has 0 saturated heterocycles. The van der Waals surface area contributed by atoms with Gasteiger partial charge in [0.15, 0.2) is 0 Å². The smallest absolute Gasteiger partial charge is 0.0775 e. The van der Waals surface area contributed by atoms with Crippen LogP contribution >= 0.6 is 0 Å². The number of rotatable bonds is 4. The van der Waals surface area contributed by atoms with E-state index >= 15 is 0 Å². The number of aromatic amines is 2. The van der Waals surface area contributed by atoms with Crippen molar-refractivity contribution in [2.75, 3.05) is 0 Å². The van der Waals surface area contributed by atoms with E-state index in [4.69, 9.17) is 9.97 Å². The third-order valence-electron chi connectivity index (χ3n) is 10.3. The number of nitrogens with one attached hydrogen (secondary N) is 2. The molecule has 10 rings (SSSR count). The van der Waals surface area contributed by atoms with Gasteiger partial charge in [-0.05, 0) is 82.7 Å². The molecule has 4 aromatic carbocycles. The predicted molar refractivity (Wildman–Crippen MR) is 217 cm³/mol. The summed E-state index contributed by atoms with van der Waals surface area (Å²) in [5, 5.41) is 0. The molecule has 0 radical (unpaired) electrons. The number of fused-ring (bicyclic) bond motifs is 10. The van der Waals surface area contributed by atoms with Crippen molar-refractivity contribution in [3.8, 4) is 44.5 Å². The lowest BCUT2D eigenvalue weighted by Crippen LogP contribution is -1.93. The number of aromatic nitrogens is 4. The van der Waals surface area contributed by atoms with Crippen LogP contribution in [0.5, 0.6) is 0 Å². The Bertz CT molecular complexity index is 2580. The van der Waals surface area contributed by atoms with E-state index in [1.54, 1.807) is 0 Å². The molecule has 8 bridgehead atoms. The maximum atomic E-state index is 5.66. The molecule has 1 aliphatic carbocycles. The van der Waals surface area contributed by atoms with Crippen LogP contribution in [0.4, 0.5) is 0 Å². The van der Waals surface area contributed by atoms with Crippen LogP contribution in [0.3, 0.4) is 0 Å². The second-order valence-electron chi connectivity index (χ2n) is 13.6. The largest absolute Gasteiger partial charge is 0.354 e. The molecule has 246 valence electrons. The molecule has 52 heavy (non-hydrogen) atoms. The fourth-order valence-electron chi connectivity index (χ4n) is 8.05. The van der Waals surface area contributed by atoms with Crippen molar-refractivity contribution in [3.05, 3.63) is 181 Å². The summed E-state index contributed by atoms with van der Waals surface area (Å²) in [4.78, 5) is 18.8. The van der Waals surface area contributed by atoms with E-state index in [1.165, 1.54) is 16.7 Å². The zero-order valence-electron chi connectivity index (χ0n) is 28.5. The molecule has 0 amide bonds. The standard InChI is InChI=1S/C48H34N4/c1-30-28-35-36(29-30)48-46(34-20-12-5-13-21-34)42-27-25-40(51-42)44(32-16-8-3-9-17-32)38-23-22-37(49-38)43(31-14-6-2-7-15-31)39-24-26-41(50-39)45(47(35)52-48)33-18-10-4-11-19-33/h2-27,50-51H,1,28-29H2. The molecule has 2 aliphatic heterocycles. The van der Waals surface area contributed by atoms with Crippen LogP contribution in [0, 0.1) is 0 Å². The molecule has 0 unspecified atom stereocenters. The van der Waals surface area contributed by atoms with Gasteiger partial charge in [-0.2, -0.15) is 0 Å². The molecule has 2 N–H and O–H groups in total. The average Bonchev–Trinajstić information content (AvgIpc) is 4.04. The van der Waals surface area contributed by atoms with E-state index in [0.717, 1.165) is 102 Å². The molecule has 5 heterocycles. The van der Waals surface area contributed by atoms with Gasteiger partial charge in [-0.1, -0.05) is 133 Å². The summed E-state index contributed by atoms with van der Waals surface area (Å²) in [5.74, 6) is 0. The molecule has 4 heteroatoms. The summed E-state index contributed by atoms with van der Waals surface area (Å²) in [5.41, 5.74) is 20.2. The van der Waals surface area contributed by atoms with E-state index < -0.39 is 0 Å². The Labute approximate surface area is 302 Å². The Morgan fingerprint density at radius 3 is 1.08 bits per heavy atom. The minimum atomic E-state index is 0.798. The summed E-state index contributed by atoms with van der Waals surface area (Å²) in [6.45, 7) is 4.51. The van der Waals surface area contributed by atoms with Gasteiger partial charge in [-0.25, -0.2) is 9.97 Å². The Kier molecular flexibility index (Phi) is 7.07. The molecule has 7 aromatic rings. The van der Waals surface area contributed by atoms with Gasteiger partial charge in [0.05, 0.1) is 22.8 Å². The van der Waals surface area contributed by atoms with Crippen LogP contribution in [0.1, 0.15) is 35.6 Å². The van der Waals surface area contributed by atoms with Crippen LogP contribution in [-0.2, 0) is 0 Å². The molecular formula is C48H34N4. The Hall–Kier alpha value is -6.78. The summed E-state index contributed by atoms with van der Waals surface area (Å²) in [7, 11) is 0.